The highest BCUT2D eigenvalue weighted by atomic mass is 16.7. The molecule has 0 saturated carbocycles. The van der Waals surface area contributed by atoms with Crippen molar-refractivity contribution in [2.75, 3.05) is 12.3 Å². The van der Waals surface area contributed by atoms with Gasteiger partial charge in [-0.2, -0.15) is 0 Å². The summed E-state index contributed by atoms with van der Waals surface area (Å²) in [5.41, 5.74) is 8.69. The zero-order chi connectivity index (χ0) is 11.5. The van der Waals surface area contributed by atoms with E-state index < -0.39 is 6.04 Å². The Labute approximate surface area is 91.7 Å². The predicted molar refractivity (Wildman–Crippen MR) is 56.2 cm³/mol. The van der Waals surface area contributed by atoms with Crippen LogP contribution in [0.25, 0.3) is 0 Å². The third kappa shape index (κ3) is 2.12. The van der Waals surface area contributed by atoms with Crippen molar-refractivity contribution in [1.29, 1.82) is 0 Å². The Morgan fingerprint density at radius 1 is 1.44 bits per heavy atom. The molecule has 0 bridgehead atoms. The van der Waals surface area contributed by atoms with Crippen molar-refractivity contribution in [3.05, 3.63) is 29.8 Å². The molecule has 1 aromatic rings. The van der Waals surface area contributed by atoms with Crippen LogP contribution in [0, 0.1) is 0 Å². The van der Waals surface area contributed by atoms with Crippen molar-refractivity contribution in [3.63, 3.8) is 0 Å². The second kappa shape index (κ2) is 4.19. The summed E-state index contributed by atoms with van der Waals surface area (Å²) >= 11 is 0. The lowest BCUT2D eigenvalue weighted by atomic mass is 10.2. The molecule has 1 heterocycles. The van der Waals surface area contributed by atoms with E-state index in [4.69, 9.17) is 10.6 Å². The molecule has 1 aliphatic rings. The highest BCUT2D eigenvalue weighted by Crippen LogP contribution is 2.06. The van der Waals surface area contributed by atoms with Gasteiger partial charge in [-0.3, -0.25) is 14.4 Å². The molecule has 0 aliphatic carbocycles. The lowest BCUT2D eigenvalue weighted by Crippen LogP contribution is -2.41. The summed E-state index contributed by atoms with van der Waals surface area (Å²) in [4.78, 5) is 27.5. The van der Waals surface area contributed by atoms with Crippen LogP contribution in [0.3, 0.4) is 0 Å². The van der Waals surface area contributed by atoms with E-state index in [0.29, 0.717) is 11.3 Å². The number of rotatable bonds is 2. The zero-order valence-corrected chi connectivity index (χ0v) is 8.40. The molecule has 0 spiro atoms. The van der Waals surface area contributed by atoms with Gasteiger partial charge in [0.15, 0.2) is 0 Å². The van der Waals surface area contributed by atoms with Crippen molar-refractivity contribution >= 4 is 17.5 Å². The number of nitrogens with one attached hydrogen (secondary N) is 2. The highest BCUT2D eigenvalue weighted by Gasteiger charge is 2.27. The van der Waals surface area contributed by atoms with Crippen LogP contribution in [-0.2, 0) is 9.63 Å². The Balaban J connectivity index is 2.02. The van der Waals surface area contributed by atoms with E-state index in [-0.39, 0.29) is 18.4 Å². The second-order valence-corrected chi connectivity index (χ2v) is 3.43. The normalized spacial score (nSPS) is 19.2. The molecule has 0 radical (unpaired) electrons. The molecule has 6 heteroatoms. The number of benzene rings is 1. The number of carbonyl (C=O) groups excluding carboxylic acids is 2. The maximum absolute atomic E-state index is 11.7. The van der Waals surface area contributed by atoms with Crippen molar-refractivity contribution in [1.82, 2.24) is 10.8 Å². The minimum atomic E-state index is -0.634. The van der Waals surface area contributed by atoms with Crippen LogP contribution in [0.15, 0.2) is 24.3 Å². The first-order valence-electron chi connectivity index (χ1n) is 4.75. The van der Waals surface area contributed by atoms with Crippen molar-refractivity contribution in [3.8, 4) is 0 Å². The molecule has 84 valence electrons. The van der Waals surface area contributed by atoms with Crippen molar-refractivity contribution < 1.29 is 14.4 Å². The van der Waals surface area contributed by atoms with E-state index >= 15 is 0 Å². The topological polar surface area (TPSA) is 93.5 Å². The van der Waals surface area contributed by atoms with Gasteiger partial charge < -0.3 is 11.1 Å². The van der Waals surface area contributed by atoms with Crippen molar-refractivity contribution in [2.45, 2.75) is 6.04 Å². The molecule has 1 fully saturated rings. The Hall–Kier alpha value is -2.08. The molecule has 2 amide bonds. The number of hydrogen-bond donors (Lipinski definition) is 3. The fourth-order valence-electron chi connectivity index (χ4n) is 1.33. The van der Waals surface area contributed by atoms with E-state index in [1.165, 1.54) is 0 Å². The van der Waals surface area contributed by atoms with Gasteiger partial charge in [0.25, 0.3) is 11.8 Å². The summed E-state index contributed by atoms with van der Waals surface area (Å²) < 4.78 is 0. The van der Waals surface area contributed by atoms with Gasteiger partial charge in [-0.05, 0) is 24.3 Å². The van der Waals surface area contributed by atoms with Crippen LogP contribution in [0.2, 0.25) is 0 Å². The Bertz CT molecular complexity index is 416. The molecule has 1 saturated heterocycles. The summed E-state index contributed by atoms with van der Waals surface area (Å²) in [7, 11) is 0. The van der Waals surface area contributed by atoms with E-state index in [1.54, 1.807) is 24.3 Å². The van der Waals surface area contributed by atoms with Gasteiger partial charge in [0.05, 0.1) is 0 Å². The van der Waals surface area contributed by atoms with E-state index in [9.17, 15) is 9.59 Å². The molecule has 1 aromatic carbocycles. The number of amides is 2. The van der Waals surface area contributed by atoms with Crippen LogP contribution < -0.4 is 16.5 Å². The summed E-state index contributed by atoms with van der Waals surface area (Å²) in [6, 6.07) is 5.81. The highest BCUT2D eigenvalue weighted by molar-refractivity contribution is 5.97. The lowest BCUT2D eigenvalue weighted by molar-refractivity contribution is -0.125. The number of carbonyl (C=O) groups is 2. The monoisotopic (exact) mass is 221 g/mol. The SMILES string of the molecule is Nc1ccc(C(=O)N[C@@H]2CONC2=O)cc1. The molecule has 16 heavy (non-hydrogen) atoms. The van der Waals surface area contributed by atoms with E-state index in [0.717, 1.165) is 0 Å². The van der Waals surface area contributed by atoms with E-state index in [2.05, 4.69) is 10.8 Å². The standard InChI is InChI=1S/C10H11N3O3/c11-7-3-1-6(2-4-7)9(14)12-8-5-16-13-10(8)15/h1-4,8H,5,11H2,(H,12,14)(H,13,15)/t8-/m1/s1. The zero-order valence-electron chi connectivity index (χ0n) is 8.40. The molecule has 1 atom stereocenters. The molecular formula is C10H11N3O3. The van der Waals surface area contributed by atoms with Gasteiger partial charge in [-0.15, -0.1) is 0 Å². The minimum Gasteiger partial charge on any atom is -0.399 e. The summed E-state index contributed by atoms with van der Waals surface area (Å²) in [5, 5.41) is 2.55. The summed E-state index contributed by atoms with van der Waals surface area (Å²) in [6.07, 6.45) is 0. The van der Waals surface area contributed by atoms with Crippen LogP contribution in [0.5, 0.6) is 0 Å². The predicted octanol–water partition coefficient (Wildman–Crippen LogP) is -0.571. The Morgan fingerprint density at radius 3 is 2.69 bits per heavy atom. The summed E-state index contributed by atoms with van der Waals surface area (Å²) in [6.45, 7) is 0.138. The number of anilines is 1. The summed E-state index contributed by atoms with van der Waals surface area (Å²) in [5.74, 6) is -0.672. The van der Waals surface area contributed by atoms with Crippen molar-refractivity contribution in [2.24, 2.45) is 0 Å². The maximum atomic E-state index is 11.7. The third-order valence-corrected chi connectivity index (χ3v) is 2.22. The molecule has 4 N–H and O–H groups in total. The molecule has 2 rings (SSSR count). The van der Waals surface area contributed by atoms with Gasteiger partial charge in [-0.25, -0.2) is 5.48 Å². The Morgan fingerprint density at radius 2 is 2.12 bits per heavy atom. The molecular weight excluding hydrogens is 210 g/mol. The van der Waals surface area contributed by atoms with Gasteiger partial charge >= 0.3 is 0 Å². The fraction of sp³-hybridized carbons (Fsp3) is 0.200. The second-order valence-electron chi connectivity index (χ2n) is 3.43. The number of hydroxylamine groups is 1. The molecule has 0 aromatic heterocycles. The van der Waals surface area contributed by atoms with Crippen LogP contribution in [0.1, 0.15) is 10.4 Å². The Kier molecular flexibility index (Phi) is 2.74. The fourth-order valence-corrected chi connectivity index (χ4v) is 1.33. The first kappa shape index (κ1) is 10.4. The maximum Gasteiger partial charge on any atom is 0.268 e. The number of hydrogen-bond acceptors (Lipinski definition) is 4. The van der Waals surface area contributed by atoms with E-state index in [1.807, 2.05) is 0 Å². The first-order valence-corrected chi connectivity index (χ1v) is 4.75. The van der Waals surface area contributed by atoms with Gasteiger partial charge in [-0.1, -0.05) is 0 Å². The van der Waals surface area contributed by atoms with Crippen LogP contribution in [0.4, 0.5) is 5.69 Å². The number of nitrogen functional groups attached to an aromatic ring is 1. The van der Waals surface area contributed by atoms with Gasteiger partial charge in [0.2, 0.25) is 0 Å². The quantitative estimate of drug-likeness (QED) is 0.583. The largest absolute Gasteiger partial charge is 0.399 e. The number of nitrogens with two attached hydrogens (primary N) is 1. The molecule has 0 unspecified atom stereocenters. The molecule has 1 aliphatic heterocycles. The third-order valence-electron chi connectivity index (χ3n) is 2.22. The lowest BCUT2D eigenvalue weighted by Gasteiger charge is -2.08. The average molecular weight is 221 g/mol. The van der Waals surface area contributed by atoms with Crippen LogP contribution in [-0.4, -0.2) is 24.5 Å². The van der Waals surface area contributed by atoms with Gasteiger partial charge in [0, 0.05) is 11.3 Å². The smallest absolute Gasteiger partial charge is 0.268 e. The average Bonchev–Trinajstić information content (AvgIpc) is 2.65. The molecule has 6 nitrogen and oxygen atoms in total. The minimum absolute atomic E-state index is 0.138. The first-order chi connectivity index (χ1) is 7.66. The van der Waals surface area contributed by atoms with Gasteiger partial charge in [0.1, 0.15) is 12.6 Å². The van der Waals surface area contributed by atoms with Crippen LogP contribution >= 0.6 is 0 Å².